The van der Waals surface area contributed by atoms with E-state index in [1.165, 1.54) is 23.5 Å². The lowest BCUT2D eigenvalue weighted by molar-refractivity contribution is 0.0981. The molecule has 1 heterocycles. The van der Waals surface area contributed by atoms with Gasteiger partial charge in [0, 0.05) is 29.8 Å². The number of halogens is 1. The second-order valence-corrected chi connectivity index (χ2v) is 8.87. The molecule has 0 spiro atoms. The Balaban J connectivity index is 1.62. The van der Waals surface area contributed by atoms with Gasteiger partial charge in [-0.15, -0.1) is 0 Å². The smallest absolute Gasteiger partial charge is 0.260 e. The topological polar surface area (TPSA) is 53.5 Å². The van der Waals surface area contributed by atoms with Crippen LogP contribution in [0.2, 0.25) is 0 Å². The van der Waals surface area contributed by atoms with Gasteiger partial charge in [-0.2, -0.15) is 0 Å². The molecule has 1 aromatic heterocycles. The molecule has 0 aliphatic rings. The molecule has 0 aliphatic heterocycles. The third-order valence-electron chi connectivity index (χ3n) is 5.78. The molecule has 0 saturated carbocycles. The van der Waals surface area contributed by atoms with Gasteiger partial charge in [0.05, 0.1) is 10.2 Å². The molecule has 0 unspecified atom stereocenters. The molecule has 174 valence electrons. The number of nitrogens with zero attached hydrogens (tertiary/aromatic N) is 3. The van der Waals surface area contributed by atoms with Crippen molar-refractivity contribution >= 4 is 38.4 Å². The van der Waals surface area contributed by atoms with Crippen LogP contribution in [0, 0.1) is 5.82 Å². The first-order valence-corrected chi connectivity index (χ1v) is 12.1. The van der Waals surface area contributed by atoms with Crippen LogP contribution in [0.25, 0.3) is 10.2 Å². The molecule has 4 rings (SSSR count). The Kier molecular flexibility index (Phi) is 7.45. The average Bonchev–Trinajstić information content (AvgIpc) is 3.29. The van der Waals surface area contributed by atoms with Gasteiger partial charge < -0.3 is 4.90 Å². The molecule has 0 aliphatic carbocycles. The number of likely N-dealkylation sites (N-methyl/N-ethyl adjacent to an activating group) is 1. The number of carbonyl (C=O) groups is 2. The van der Waals surface area contributed by atoms with Gasteiger partial charge in [-0.25, -0.2) is 9.37 Å². The summed E-state index contributed by atoms with van der Waals surface area (Å²) >= 11 is 1.30. The normalized spacial score (nSPS) is 11.2. The lowest BCUT2D eigenvalue weighted by atomic mass is 10.0. The van der Waals surface area contributed by atoms with Crippen molar-refractivity contribution in [3.8, 4) is 0 Å². The molecular weight excluding hydrogens is 449 g/mol. The highest BCUT2D eigenvalue weighted by Gasteiger charge is 2.22. The zero-order valence-corrected chi connectivity index (χ0v) is 20.0. The van der Waals surface area contributed by atoms with Crippen molar-refractivity contribution in [1.29, 1.82) is 0 Å². The lowest BCUT2D eigenvalue weighted by Gasteiger charge is -2.24. The van der Waals surface area contributed by atoms with E-state index in [-0.39, 0.29) is 17.5 Å². The van der Waals surface area contributed by atoms with E-state index in [0.29, 0.717) is 45.1 Å². The molecule has 34 heavy (non-hydrogen) atoms. The Morgan fingerprint density at radius 1 is 0.853 bits per heavy atom. The van der Waals surface area contributed by atoms with Crippen molar-refractivity contribution in [2.75, 3.05) is 31.1 Å². The van der Waals surface area contributed by atoms with Crippen molar-refractivity contribution in [2.24, 2.45) is 0 Å². The Morgan fingerprint density at radius 3 is 2.18 bits per heavy atom. The third-order valence-corrected chi connectivity index (χ3v) is 6.82. The number of anilines is 1. The van der Waals surface area contributed by atoms with E-state index in [9.17, 15) is 14.0 Å². The quantitative estimate of drug-likeness (QED) is 0.293. The van der Waals surface area contributed by atoms with Gasteiger partial charge in [0.25, 0.3) is 5.91 Å². The number of carbonyl (C=O) groups excluding carboxylic acids is 2. The molecule has 1 amide bonds. The number of hydrogen-bond donors (Lipinski definition) is 0. The van der Waals surface area contributed by atoms with Crippen molar-refractivity contribution in [2.45, 2.75) is 13.8 Å². The Bertz CT molecular complexity index is 1280. The van der Waals surface area contributed by atoms with Crippen LogP contribution >= 0.6 is 11.3 Å². The Morgan fingerprint density at radius 2 is 1.50 bits per heavy atom. The van der Waals surface area contributed by atoms with Gasteiger partial charge in [-0.05, 0) is 43.4 Å². The highest BCUT2D eigenvalue weighted by molar-refractivity contribution is 7.22. The largest absolute Gasteiger partial charge is 0.302 e. The molecule has 3 aromatic carbocycles. The van der Waals surface area contributed by atoms with E-state index in [0.717, 1.165) is 13.1 Å². The molecule has 7 heteroatoms. The fraction of sp³-hybridized carbons (Fsp3) is 0.222. The Hall–Kier alpha value is -3.42. The summed E-state index contributed by atoms with van der Waals surface area (Å²) in [6, 6.07) is 20.2. The summed E-state index contributed by atoms with van der Waals surface area (Å²) in [5.74, 6) is -0.626. The van der Waals surface area contributed by atoms with E-state index in [4.69, 9.17) is 0 Å². The van der Waals surface area contributed by atoms with Crippen LogP contribution in [-0.2, 0) is 0 Å². The number of aromatic nitrogens is 1. The summed E-state index contributed by atoms with van der Waals surface area (Å²) in [5.41, 5.74) is 2.25. The number of amides is 1. The van der Waals surface area contributed by atoms with Gasteiger partial charge in [-0.1, -0.05) is 67.6 Å². The maximum atomic E-state index is 13.7. The lowest BCUT2D eigenvalue weighted by Crippen LogP contribution is -2.38. The average molecular weight is 476 g/mol. The zero-order chi connectivity index (χ0) is 24.1. The van der Waals surface area contributed by atoms with Crippen LogP contribution in [0.15, 0.2) is 72.8 Å². The number of ketones is 1. The summed E-state index contributed by atoms with van der Waals surface area (Å²) in [5, 5.41) is 0.530. The van der Waals surface area contributed by atoms with E-state index in [1.54, 1.807) is 47.4 Å². The van der Waals surface area contributed by atoms with E-state index < -0.39 is 0 Å². The summed E-state index contributed by atoms with van der Waals surface area (Å²) < 4.78 is 14.4. The number of rotatable bonds is 9. The van der Waals surface area contributed by atoms with Gasteiger partial charge in [0.15, 0.2) is 10.9 Å². The zero-order valence-electron chi connectivity index (χ0n) is 19.2. The second kappa shape index (κ2) is 10.7. The minimum atomic E-state index is -0.331. The van der Waals surface area contributed by atoms with Crippen molar-refractivity contribution in [3.63, 3.8) is 0 Å². The number of fused-ring (bicyclic) bond motifs is 1. The molecule has 5 nitrogen and oxygen atoms in total. The third kappa shape index (κ3) is 5.21. The highest BCUT2D eigenvalue weighted by atomic mass is 32.1. The molecule has 4 aromatic rings. The van der Waals surface area contributed by atoms with Crippen molar-refractivity contribution < 1.29 is 14.0 Å². The first-order chi connectivity index (χ1) is 16.5. The highest BCUT2D eigenvalue weighted by Crippen LogP contribution is 2.30. The van der Waals surface area contributed by atoms with Crippen LogP contribution in [0.5, 0.6) is 0 Å². The van der Waals surface area contributed by atoms with Gasteiger partial charge in [0.1, 0.15) is 5.82 Å². The molecule has 0 N–H and O–H groups in total. The van der Waals surface area contributed by atoms with E-state index >= 15 is 0 Å². The van der Waals surface area contributed by atoms with Gasteiger partial charge >= 0.3 is 0 Å². The maximum Gasteiger partial charge on any atom is 0.260 e. The van der Waals surface area contributed by atoms with Crippen LogP contribution in [0.1, 0.15) is 40.1 Å². The minimum absolute atomic E-state index is 0.0915. The molecule has 0 saturated heterocycles. The maximum absolute atomic E-state index is 13.7. The SMILES string of the molecule is CCN(CC)CCN(C(=O)c1ccc(C(=O)c2ccccc2)cc1)c1nc2ccc(F)cc2s1. The van der Waals surface area contributed by atoms with Crippen LogP contribution in [0.3, 0.4) is 0 Å². The van der Waals surface area contributed by atoms with Crippen LogP contribution in [-0.4, -0.2) is 47.8 Å². The molecule has 0 atom stereocenters. The standard InChI is InChI=1S/C27H26FN3O2S/c1-3-30(4-2)16-17-31(27-29-23-15-14-22(28)18-24(23)34-27)26(33)21-12-10-20(11-13-21)25(32)19-8-6-5-7-9-19/h5-15,18H,3-4,16-17H2,1-2H3. The van der Waals surface area contributed by atoms with Crippen molar-refractivity contribution in [3.05, 3.63) is 95.3 Å². The second-order valence-electron chi connectivity index (χ2n) is 7.86. The first kappa shape index (κ1) is 23.7. The van der Waals surface area contributed by atoms with Crippen LogP contribution < -0.4 is 4.90 Å². The number of benzene rings is 3. The fourth-order valence-electron chi connectivity index (χ4n) is 3.74. The number of thiazole rings is 1. The van der Waals surface area contributed by atoms with E-state index in [1.807, 2.05) is 18.2 Å². The molecule has 0 bridgehead atoms. The predicted octanol–water partition coefficient (Wildman–Crippen LogP) is 5.66. The summed E-state index contributed by atoms with van der Waals surface area (Å²) in [7, 11) is 0. The predicted molar refractivity (Wildman–Crippen MR) is 135 cm³/mol. The van der Waals surface area contributed by atoms with Crippen LogP contribution in [0.4, 0.5) is 9.52 Å². The minimum Gasteiger partial charge on any atom is -0.302 e. The monoisotopic (exact) mass is 475 g/mol. The summed E-state index contributed by atoms with van der Waals surface area (Å²) in [6.07, 6.45) is 0. The van der Waals surface area contributed by atoms with Crippen molar-refractivity contribution in [1.82, 2.24) is 9.88 Å². The summed E-state index contributed by atoms with van der Waals surface area (Å²) in [6.45, 7) is 7.05. The summed E-state index contributed by atoms with van der Waals surface area (Å²) in [4.78, 5) is 34.7. The van der Waals surface area contributed by atoms with Gasteiger partial charge in [-0.3, -0.25) is 14.5 Å². The fourth-order valence-corrected chi connectivity index (χ4v) is 4.76. The van der Waals surface area contributed by atoms with E-state index in [2.05, 4.69) is 23.7 Å². The molecule has 0 radical (unpaired) electrons. The first-order valence-electron chi connectivity index (χ1n) is 11.3. The molecular formula is C27H26FN3O2S. The Labute approximate surface area is 202 Å². The number of hydrogen-bond acceptors (Lipinski definition) is 5. The van der Waals surface area contributed by atoms with Gasteiger partial charge in [0.2, 0.25) is 0 Å². The molecule has 0 fully saturated rings.